The average molecular weight is 647 g/mol. The first kappa shape index (κ1) is 30.8. The SMILES string of the molecule is Cc1ccc(S(=O)(=O)c2ccc(-c3ccc(S(=O)(=O)C4=CCC=C(Oc5ccc(-c6ccc(O)cc6)cc5)C=C4)cc3)cc2)cc1. The second-order valence-electron chi connectivity index (χ2n) is 10.8. The first-order chi connectivity index (χ1) is 22.1. The van der Waals surface area contributed by atoms with Crippen molar-refractivity contribution in [3.8, 4) is 33.8 Å². The molecule has 6 rings (SSSR count). The molecule has 0 radical (unpaired) electrons. The Bertz CT molecular complexity index is 2180. The molecule has 0 bridgehead atoms. The lowest BCUT2D eigenvalue weighted by Gasteiger charge is -2.09. The molecule has 1 N–H and O–H groups in total. The van der Waals surface area contributed by atoms with Gasteiger partial charge in [-0.05, 0) is 114 Å². The molecule has 0 atom stereocenters. The van der Waals surface area contributed by atoms with Gasteiger partial charge in [0.15, 0.2) is 0 Å². The molecule has 0 aliphatic heterocycles. The Morgan fingerprint density at radius 3 is 1.48 bits per heavy atom. The number of ether oxygens (including phenoxy) is 1. The molecule has 0 fully saturated rings. The maximum atomic E-state index is 13.5. The normalized spacial score (nSPS) is 13.4. The molecule has 1 aliphatic carbocycles. The van der Waals surface area contributed by atoms with Crippen molar-refractivity contribution >= 4 is 19.7 Å². The van der Waals surface area contributed by atoms with E-state index in [0.29, 0.717) is 17.9 Å². The summed E-state index contributed by atoms with van der Waals surface area (Å²) in [7, 11) is -7.44. The largest absolute Gasteiger partial charge is 0.508 e. The Hall–Kier alpha value is -5.18. The van der Waals surface area contributed by atoms with Gasteiger partial charge in [-0.3, -0.25) is 0 Å². The van der Waals surface area contributed by atoms with Crippen molar-refractivity contribution in [3.63, 3.8) is 0 Å². The van der Waals surface area contributed by atoms with Crippen LogP contribution in [-0.4, -0.2) is 21.9 Å². The lowest BCUT2D eigenvalue weighted by atomic mass is 10.1. The van der Waals surface area contributed by atoms with E-state index in [-0.39, 0.29) is 25.3 Å². The fraction of sp³-hybridized carbons (Fsp3) is 0.0526. The summed E-state index contributed by atoms with van der Waals surface area (Å²) in [5.41, 5.74) is 4.45. The van der Waals surface area contributed by atoms with E-state index in [1.165, 1.54) is 0 Å². The van der Waals surface area contributed by atoms with Crippen LogP contribution in [-0.2, 0) is 19.7 Å². The van der Waals surface area contributed by atoms with E-state index in [4.69, 9.17) is 4.74 Å². The molecule has 46 heavy (non-hydrogen) atoms. The van der Waals surface area contributed by atoms with Gasteiger partial charge in [0, 0.05) is 0 Å². The predicted octanol–water partition coefficient (Wildman–Crippen LogP) is 8.45. The van der Waals surface area contributed by atoms with Crippen LogP contribution in [0.4, 0.5) is 0 Å². The van der Waals surface area contributed by atoms with Crippen molar-refractivity contribution < 1.29 is 26.7 Å². The van der Waals surface area contributed by atoms with Crippen LogP contribution >= 0.6 is 0 Å². The van der Waals surface area contributed by atoms with Gasteiger partial charge in [-0.1, -0.05) is 72.3 Å². The molecule has 8 heteroatoms. The number of sulfone groups is 2. The summed E-state index contributed by atoms with van der Waals surface area (Å²) >= 11 is 0. The average Bonchev–Trinajstić information content (AvgIpc) is 3.32. The highest BCUT2D eigenvalue weighted by Gasteiger charge is 2.21. The zero-order valence-corrected chi connectivity index (χ0v) is 26.5. The maximum absolute atomic E-state index is 13.5. The number of phenols is 1. The number of hydrogen-bond acceptors (Lipinski definition) is 6. The molecule has 230 valence electrons. The molecular weight excluding hydrogens is 617 g/mol. The summed E-state index contributed by atoms with van der Waals surface area (Å²) in [5.74, 6) is 1.35. The van der Waals surface area contributed by atoms with Crippen LogP contribution in [0, 0.1) is 6.92 Å². The molecule has 5 aromatic rings. The highest BCUT2D eigenvalue weighted by Crippen LogP contribution is 2.30. The summed E-state index contributed by atoms with van der Waals surface area (Å²) < 4.78 is 59.0. The first-order valence-corrected chi connectivity index (χ1v) is 17.5. The number of hydrogen-bond donors (Lipinski definition) is 1. The minimum atomic E-state index is -3.79. The van der Waals surface area contributed by atoms with Crippen LogP contribution < -0.4 is 4.74 Å². The van der Waals surface area contributed by atoms with Gasteiger partial charge >= 0.3 is 0 Å². The molecular formula is C38H30O6S2. The Labute approximate surface area is 269 Å². The zero-order valence-electron chi connectivity index (χ0n) is 24.9. The topological polar surface area (TPSA) is 97.7 Å². The van der Waals surface area contributed by atoms with E-state index in [2.05, 4.69) is 0 Å². The van der Waals surface area contributed by atoms with Gasteiger partial charge in [0.25, 0.3) is 0 Å². The number of allylic oxidation sites excluding steroid dienone is 4. The van der Waals surface area contributed by atoms with Gasteiger partial charge in [0.05, 0.1) is 19.6 Å². The lowest BCUT2D eigenvalue weighted by molar-refractivity contribution is 0.443. The van der Waals surface area contributed by atoms with E-state index < -0.39 is 19.7 Å². The van der Waals surface area contributed by atoms with Crippen LogP contribution in [0.2, 0.25) is 0 Å². The number of rotatable bonds is 8. The highest BCUT2D eigenvalue weighted by molar-refractivity contribution is 7.95. The Balaban J connectivity index is 1.12. The van der Waals surface area contributed by atoms with Crippen molar-refractivity contribution in [2.75, 3.05) is 0 Å². The number of aryl methyl sites for hydroxylation is 1. The smallest absolute Gasteiger partial charge is 0.206 e. The van der Waals surface area contributed by atoms with Gasteiger partial charge in [0.2, 0.25) is 19.7 Å². The quantitative estimate of drug-likeness (QED) is 0.182. The van der Waals surface area contributed by atoms with E-state index >= 15 is 0 Å². The predicted molar refractivity (Wildman–Crippen MR) is 180 cm³/mol. The van der Waals surface area contributed by atoms with E-state index in [1.54, 1.807) is 103 Å². The van der Waals surface area contributed by atoms with Crippen LogP contribution in [0.15, 0.2) is 171 Å². The van der Waals surface area contributed by atoms with Gasteiger partial charge < -0.3 is 9.84 Å². The van der Waals surface area contributed by atoms with Crippen LogP contribution in [0.1, 0.15) is 12.0 Å². The van der Waals surface area contributed by atoms with E-state index in [0.717, 1.165) is 27.8 Å². The monoisotopic (exact) mass is 646 g/mol. The third-order valence-electron chi connectivity index (χ3n) is 7.64. The fourth-order valence-corrected chi connectivity index (χ4v) is 7.60. The van der Waals surface area contributed by atoms with Gasteiger partial charge in [-0.25, -0.2) is 16.8 Å². The van der Waals surface area contributed by atoms with E-state index in [9.17, 15) is 21.9 Å². The number of aromatic hydroxyl groups is 1. The Kier molecular flexibility index (Phi) is 8.49. The van der Waals surface area contributed by atoms with Crippen molar-refractivity contribution in [2.45, 2.75) is 28.0 Å². The van der Waals surface area contributed by atoms with Gasteiger partial charge in [-0.2, -0.15) is 0 Å². The minimum Gasteiger partial charge on any atom is -0.508 e. The molecule has 0 aromatic heterocycles. The molecule has 0 amide bonds. The Morgan fingerprint density at radius 2 is 0.957 bits per heavy atom. The maximum Gasteiger partial charge on any atom is 0.206 e. The molecule has 0 heterocycles. The molecule has 1 aliphatic rings. The lowest BCUT2D eigenvalue weighted by Crippen LogP contribution is -2.03. The van der Waals surface area contributed by atoms with Crippen molar-refractivity contribution in [1.29, 1.82) is 0 Å². The Morgan fingerprint density at radius 1 is 0.522 bits per heavy atom. The third kappa shape index (κ3) is 6.59. The fourth-order valence-electron chi connectivity index (χ4n) is 5.01. The second kappa shape index (κ2) is 12.7. The number of phenolic OH excluding ortho intramolecular Hbond substituents is 1. The number of benzene rings is 5. The minimum absolute atomic E-state index is 0.153. The summed E-state index contributed by atoms with van der Waals surface area (Å²) in [6.07, 6.45) is 7.03. The molecule has 6 nitrogen and oxygen atoms in total. The molecule has 0 spiro atoms. The standard InChI is InChI=1S/C38H30O6S2/c1-27-5-20-36(21-6-27)46(42,43)38-24-13-31(14-25-38)30-11-22-37(23-12-30)45(40,41)35-4-2-3-33(19-26-35)44-34-17-9-29(10-18-34)28-7-15-32(39)16-8-28/h3-26,39H,2H2,1H3. The third-order valence-corrected chi connectivity index (χ3v) is 11.2. The molecule has 0 unspecified atom stereocenters. The van der Waals surface area contributed by atoms with Gasteiger partial charge in [0.1, 0.15) is 17.3 Å². The highest BCUT2D eigenvalue weighted by atomic mass is 32.2. The summed E-state index contributed by atoms with van der Waals surface area (Å²) in [4.78, 5) is 0.745. The van der Waals surface area contributed by atoms with Crippen LogP contribution in [0.5, 0.6) is 11.5 Å². The summed E-state index contributed by atoms with van der Waals surface area (Å²) in [6, 6.07) is 34.3. The van der Waals surface area contributed by atoms with Gasteiger partial charge in [-0.15, -0.1) is 0 Å². The summed E-state index contributed by atoms with van der Waals surface area (Å²) in [6.45, 7) is 1.90. The summed E-state index contributed by atoms with van der Waals surface area (Å²) in [5, 5.41) is 9.51. The van der Waals surface area contributed by atoms with Crippen molar-refractivity contribution in [3.05, 3.63) is 162 Å². The first-order valence-electron chi connectivity index (χ1n) is 14.5. The molecule has 0 saturated heterocycles. The zero-order chi connectivity index (χ0) is 32.3. The van der Waals surface area contributed by atoms with E-state index in [1.807, 2.05) is 49.4 Å². The molecule has 0 saturated carbocycles. The van der Waals surface area contributed by atoms with Crippen molar-refractivity contribution in [2.24, 2.45) is 0 Å². The van der Waals surface area contributed by atoms with Crippen molar-refractivity contribution in [1.82, 2.24) is 0 Å². The van der Waals surface area contributed by atoms with Crippen LogP contribution in [0.3, 0.4) is 0 Å². The molecule has 5 aromatic carbocycles. The second-order valence-corrected chi connectivity index (χ2v) is 14.7. The van der Waals surface area contributed by atoms with Crippen LogP contribution in [0.25, 0.3) is 22.3 Å².